The van der Waals surface area contributed by atoms with Crippen molar-refractivity contribution in [2.24, 2.45) is 5.41 Å². The number of hydrogen-bond acceptors (Lipinski definition) is 3. The van der Waals surface area contributed by atoms with Crippen LogP contribution in [0, 0.1) is 5.41 Å². The van der Waals surface area contributed by atoms with Crippen LogP contribution in [0.3, 0.4) is 0 Å². The maximum Gasteiger partial charge on any atom is 0.255 e. The van der Waals surface area contributed by atoms with Gasteiger partial charge >= 0.3 is 0 Å². The number of fused-ring (bicyclic) bond motifs is 1. The summed E-state index contributed by atoms with van der Waals surface area (Å²) < 4.78 is 6.74. The first-order valence-corrected chi connectivity index (χ1v) is 9.38. The minimum atomic E-state index is -0.651. The molecule has 0 bridgehead atoms. The summed E-state index contributed by atoms with van der Waals surface area (Å²) in [6, 6.07) is 12.5. The summed E-state index contributed by atoms with van der Waals surface area (Å²) >= 11 is 3.37. The summed E-state index contributed by atoms with van der Waals surface area (Å²) in [5, 5.41) is 2.87. The summed E-state index contributed by atoms with van der Waals surface area (Å²) in [6.07, 6.45) is 1.69. The number of hydrogen-bond donors (Lipinski definition) is 1. The number of halogens is 1. The average Bonchev–Trinajstić information content (AvgIpc) is 2.72. The second-order valence-electron chi connectivity index (χ2n) is 7.02. The van der Waals surface area contributed by atoms with Crippen LogP contribution in [0.15, 0.2) is 59.6 Å². The Bertz CT molecular complexity index is 908. The van der Waals surface area contributed by atoms with E-state index >= 15 is 0 Å². The summed E-state index contributed by atoms with van der Waals surface area (Å²) in [6.45, 7) is 8.10. The molecule has 2 amide bonds. The molecule has 0 aliphatic carbocycles. The van der Waals surface area contributed by atoms with Gasteiger partial charge in [0.15, 0.2) is 0 Å². The lowest BCUT2D eigenvalue weighted by atomic mass is 9.93. The lowest BCUT2D eigenvalue weighted by Gasteiger charge is -2.27. The van der Waals surface area contributed by atoms with Gasteiger partial charge in [0.2, 0.25) is 5.91 Å². The molecule has 1 N–H and O–H groups in total. The zero-order chi connectivity index (χ0) is 19.6. The molecule has 0 radical (unpaired) electrons. The number of nitrogens with zero attached hydrogens (tertiary/aromatic N) is 1. The second kappa shape index (κ2) is 7.56. The van der Waals surface area contributed by atoms with E-state index in [4.69, 9.17) is 4.74 Å². The van der Waals surface area contributed by atoms with Gasteiger partial charge in [0.05, 0.1) is 11.1 Å². The SMILES string of the molecule is C=CCN1C(=O)C(C)(C)COc2cc(NC(=O)c3cccc(Br)c3)ccc21. The van der Waals surface area contributed by atoms with E-state index in [0.717, 1.165) is 4.47 Å². The zero-order valence-corrected chi connectivity index (χ0v) is 16.9. The Kier molecular flexibility index (Phi) is 5.37. The molecule has 6 heteroatoms. The van der Waals surface area contributed by atoms with E-state index in [9.17, 15) is 9.59 Å². The van der Waals surface area contributed by atoms with Gasteiger partial charge in [-0.25, -0.2) is 0 Å². The summed E-state index contributed by atoms with van der Waals surface area (Å²) in [5.74, 6) is 0.319. The van der Waals surface area contributed by atoms with Crippen LogP contribution in [-0.2, 0) is 4.79 Å². The van der Waals surface area contributed by atoms with Crippen LogP contribution in [0.2, 0.25) is 0 Å². The zero-order valence-electron chi connectivity index (χ0n) is 15.3. The normalized spacial score (nSPS) is 15.4. The van der Waals surface area contributed by atoms with Gasteiger partial charge in [0, 0.05) is 28.3 Å². The van der Waals surface area contributed by atoms with Crippen molar-refractivity contribution >= 4 is 39.1 Å². The van der Waals surface area contributed by atoms with Gasteiger partial charge in [-0.1, -0.05) is 28.1 Å². The molecule has 0 atom stereocenters. The van der Waals surface area contributed by atoms with Crippen molar-refractivity contribution in [2.75, 3.05) is 23.4 Å². The minimum absolute atomic E-state index is 0.0212. The monoisotopic (exact) mass is 428 g/mol. The summed E-state index contributed by atoms with van der Waals surface area (Å²) in [5.41, 5.74) is 1.17. The average molecular weight is 429 g/mol. The molecule has 0 spiro atoms. The van der Waals surface area contributed by atoms with Gasteiger partial charge < -0.3 is 15.0 Å². The maximum absolute atomic E-state index is 12.8. The van der Waals surface area contributed by atoms with Crippen molar-refractivity contribution in [3.63, 3.8) is 0 Å². The van der Waals surface area contributed by atoms with E-state index in [1.165, 1.54) is 0 Å². The first-order valence-electron chi connectivity index (χ1n) is 8.58. The van der Waals surface area contributed by atoms with Gasteiger partial charge in [-0.15, -0.1) is 6.58 Å². The molecule has 2 aromatic rings. The highest BCUT2D eigenvalue weighted by molar-refractivity contribution is 9.10. The van der Waals surface area contributed by atoms with Gasteiger partial charge in [0.25, 0.3) is 5.91 Å². The lowest BCUT2D eigenvalue weighted by molar-refractivity contribution is -0.127. The van der Waals surface area contributed by atoms with E-state index in [-0.39, 0.29) is 18.4 Å². The Morgan fingerprint density at radius 3 is 2.81 bits per heavy atom. The van der Waals surface area contributed by atoms with Crippen LogP contribution >= 0.6 is 15.9 Å². The molecule has 1 heterocycles. The van der Waals surface area contributed by atoms with E-state index in [1.54, 1.807) is 47.4 Å². The Hall–Kier alpha value is -2.60. The van der Waals surface area contributed by atoms with Gasteiger partial charge in [-0.2, -0.15) is 0 Å². The number of anilines is 2. The smallest absolute Gasteiger partial charge is 0.255 e. The summed E-state index contributed by atoms with van der Waals surface area (Å²) in [7, 11) is 0. The van der Waals surface area contributed by atoms with Gasteiger partial charge in [-0.05, 0) is 44.2 Å². The maximum atomic E-state index is 12.8. The molecule has 0 aromatic heterocycles. The van der Waals surface area contributed by atoms with Crippen LogP contribution in [0.4, 0.5) is 11.4 Å². The van der Waals surface area contributed by atoms with Crippen molar-refractivity contribution in [1.29, 1.82) is 0 Å². The van der Waals surface area contributed by atoms with Crippen LogP contribution in [0.1, 0.15) is 24.2 Å². The molecule has 3 rings (SSSR count). The highest BCUT2D eigenvalue weighted by atomic mass is 79.9. The fourth-order valence-corrected chi connectivity index (χ4v) is 3.27. The van der Waals surface area contributed by atoms with Crippen molar-refractivity contribution in [3.05, 3.63) is 65.2 Å². The summed E-state index contributed by atoms with van der Waals surface area (Å²) in [4.78, 5) is 27.0. The number of ether oxygens (including phenoxy) is 1. The third-order valence-electron chi connectivity index (χ3n) is 4.32. The van der Waals surface area contributed by atoms with Crippen LogP contribution in [-0.4, -0.2) is 25.0 Å². The third kappa shape index (κ3) is 4.06. The number of nitrogens with one attached hydrogen (secondary N) is 1. The number of amides is 2. The quantitative estimate of drug-likeness (QED) is 0.721. The third-order valence-corrected chi connectivity index (χ3v) is 4.81. The molecular formula is C21H21BrN2O3. The highest BCUT2D eigenvalue weighted by Crippen LogP contribution is 2.38. The van der Waals surface area contributed by atoms with Gasteiger partial charge in [0.1, 0.15) is 12.4 Å². The second-order valence-corrected chi connectivity index (χ2v) is 7.94. The first kappa shape index (κ1) is 19.2. The van der Waals surface area contributed by atoms with E-state index < -0.39 is 5.41 Å². The molecule has 140 valence electrons. The van der Waals surface area contributed by atoms with Crippen molar-refractivity contribution in [1.82, 2.24) is 0 Å². The number of rotatable bonds is 4. The molecule has 27 heavy (non-hydrogen) atoms. The number of carbonyl (C=O) groups is 2. The Morgan fingerprint density at radius 1 is 1.33 bits per heavy atom. The molecule has 0 fully saturated rings. The van der Waals surface area contributed by atoms with Crippen LogP contribution < -0.4 is 15.0 Å². The van der Waals surface area contributed by atoms with Crippen LogP contribution in [0.25, 0.3) is 0 Å². The Morgan fingerprint density at radius 2 is 2.11 bits per heavy atom. The molecule has 0 unspecified atom stereocenters. The van der Waals surface area contributed by atoms with Crippen molar-refractivity contribution in [2.45, 2.75) is 13.8 Å². The van der Waals surface area contributed by atoms with E-state index in [2.05, 4.69) is 27.8 Å². The van der Waals surface area contributed by atoms with Crippen molar-refractivity contribution in [3.8, 4) is 5.75 Å². The fraction of sp³-hybridized carbons (Fsp3) is 0.238. The van der Waals surface area contributed by atoms with Gasteiger partial charge in [-0.3, -0.25) is 9.59 Å². The molecule has 1 aliphatic heterocycles. The molecule has 0 saturated carbocycles. The predicted molar refractivity (Wildman–Crippen MR) is 110 cm³/mol. The molecule has 0 saturated heterocycles. The largest absolute Gasteiger partial charge is 0.490 e. The molecule has 1 aliphatic rings. The van der Waals surface area contributed by atoms with Crippen molar-refractivity contribution < 1.29 is 14.3 Å². The molecule has 2 aromatic carbocycles. The lowest BCUT2D eigenvalue weighted by Crippen LogP contribution is -2.42. The number of benzene rings is 2. The molecular weight excluding hydrogens is 408 g/mol. The van der Waals surface area contributed by atoms with Crippen LogP contribution in [0.5, 0.6) is 5.75 Å². The van der Waals surface area contributed by atoms with E-state index in [1.807, 2.05) is 19.9 Å². The Labute approximate surface area is 167 Å². The Balaban J connectivity index is 1.90. The van der Waals surface area contributed by atoms with E-state index in [0.29, 0.717) is 29.2 Å². The minimum Gasteiger partial charge on any atom is -0.490 e. The highest BCUT2D eigenvalue weighted by Gasteiger charge is 2.37. The fourth-order valence-electron chi connectivity index (χ4n) is 2.87. The predicted octanol–water partition coefficient (Wildman–Crippen LogP) is 4.64. The topological polar surface area (TPSA) is 58.6 Å². The molecule has 5 nitrogen and oxygen atoms in total. The standard InChI is InChI=1S/C21H21BrN2O3/c1-4-10-24-17-9-8-16(12-18(17)27-13-21(2,3)20(24)26)23-19(25)14-6-5-7-15(22)11-14/h4-9,11-12H,1,10,13H2,2-3H3,(H,23,25). The number of carbonyl (C=O) groups excluding carboxylic acids is 2. The first-order chi connectivity index (χ1) is 12.8.